The number of hydrogen-bond acceptors (Lipinski definition) is 6. The predicted molar refractivity (Wildman–Crippen MR) is 134 cm³/mol. The van der Waals surface area contributed by atoms with Gasteiger partial charge in [0.05, 0.1) is 32.4 Å². The van der Waals surface area contributed by atoms with Crippen molar-refractivity contribution >= 4 is 23.5 Å². The summed E-state index contributed by atoms with van der Waals surface area (Å²) in [6.07, 6.45) is 0. The van der Waals surface area contributed by atoms with Gasteiger partial charge in [0.2, 0.25) is 5.91 Å². The molecule has 0 atom stereocenters. The van der Waals surface area contributed by atoms with Crippen LogP contribution in [-0.2, 0) is 16.1 Å². The molecule has 1 aliphatic rings. The van der Waals surface area contributed by atoms with Crippen molar-refractivity contribution in [1.82, 2.24) is 15.1 Å². The molecule has 1 aliphatic heterocycles. The molecule has 1 amide bonds. The Hall–Kier alpha value is -3.63. The summed E-state index contributed by atoms with van der Waals surface area (Å²) in [7, 11) is 3.24. The molecule has 0 unspecified atom stereocenters. The lowest BCUT2D eigenvalue weighted by Crippen LogP contribution is -2.52. The van der Waals surface area contributed by atoms with Crippen LogP contribution in [0.2, 0.25) is 0 Å². The summed E-state index contributed by atoms with van der Waals surface area (Å²) < 4.78 is 10.3. The zero-order valence-electron chi connectivity index (χ0n) is 20.2. The number of methoxy groups -OCH3 is 2. The summed E-state index contributed by atoms with van der Waals surface area (Å²) in [5, 5.41) is 15.4. The van der Waals surface area contributed by atoms with Gasteiger partial charge in [0.1, 0.15) is 5.75 Å². The van der Waals surface area contributed by atoms with Gasteiger partial charge in [-0.3, -0.25) is 9.69 Å². The molecule has 0 aromatic heterocycles. The van der Waals surface area contributed by atoms with Gasteiger partial charge in [0.15, 0.2) is 5.96 Å². The Kier molecular flexibility index (Phi) is 9.88. The van der Waals surface area contributed by atoms with Gasteiger partial charge in [-0.1, -0.05) is 12.1 Å². The van der Waals surface area contributed by atoms with Crippen LogP contribution >= 0.6 is 0 Å². The van der Waals surface area contributed by atoms with E-state index in [0.717, 1.165) is 30.1 Å². The van der Waals surface area contributed by atoms with Gasteiger partial charge in [-0.2, -0.15) is 0 Å². The first-order valence-electron chi connectivity index (χ1n) is 11.5. The molecule has 3 rings (SSSR count). The molecule has 10 nitrogen and oxygen atoms in total. The summed E-state index contributed by atoms with van der Waals surface area (Å²) in [6.45, 7) is 4.62. The number of benzene rings is 2. The zero-order chi connectivity index (χ0) is 25.0. The molecule has 0 radical (unpaired) electrons. The lowest BCUT2D eigenvalue weighted by Gasteiger charge is -2.36. The van der Waals surface area contributed by atoms with Gasteiger partial charge in [0, 0.05) is 45.5 Å². The fraction of sp³-hybridized carbons (Fsp3) is 0.400. The standard InChI is InChI=1S/C25H33N5O5/c1-34-15-10-26-23(31)18-29-11-13-30(14-12-29)25(27-17-19-4-3-5-22(16-19)35-2)28-21-8-6-20(7-9-21)24(32)33/h3-9,16H,10-15,17-18H2,1-2H3,(H,26,31)(H,27,28)(H,32,33). The van der Waals surface area contributed by atoms with Crippen molar-refractivity contribution in [2.75, 3.05) is 65.4 Å². The molecule has 0 spiro atoms. The average Bonchev–Trinajstić information content (AvgIpc) is 2.87. The molecule has 2 aromatic carbocycles. The van der Waals surface area contributed by atoms with E-state index >= 15 is 0 Å². The minimum Gasteiger partial charge on any atom is -0.497 e. The normalized spacial score (nSPS) is 14.5. The highest BCUT2D eigenvalue weighted by Gasteiger charge is 2.21. The smallest absolute Gasteiger partial charge is 0.335 e. The number of carbonyl (C=O) groups excluding carboxylic acids is 1. The van der Waals surface area contributed by atoms with Crippen LogP contribution in [0.25, 0.3) is 0 Å². The number of hydrogen-bond donors (Lipinski definition) is 3. The van der Waals surface area contributed by atoms with Crippen molar-refractivity contribution in [3.63, 3.8) is 0 Å². The van der Waals surface area contributed by atoms with Crippen molar-refractivity contribution < 1.29 is 24.2 Å². The number of aliphatic imine (C=N–C) groups is 1. The van der Waals surface area contributed by atoms with Crippen LogP contribution in [0.3, 0.4) is 0 Å². The highest BCUT2D eigenvalue weighted by atomic mass is 16.5. The van der Waals surface area contributed by atoms with Crippen LogP contribution in [0.5, 0.6) is 5.75 Å². The summed E-state index contributed by atoms with van der Waals surface area (Å²) in [5.74, 6) is 0.485. The molecule has 1 fully saturated rings. The number of piperazine rings is 1. The number of guanidine groups is 1. The number of carboxylic acid groups (broad SMARTS) is 1. The molecule has 0 bridgehead atoms. The fourth-order valence-corrected chi connectivity index (χ4v) is 3.65. The van der Waals surface area contributed by atoms with Crippen molar-refractivity contribution in [1.29, 1.82) is 0 Å². The number of carbonyl (C=O) groups is 2. The van der Waals surface area contributed by atoms with Crippen molar-refractivity contribution in [2.24, 2.45) is 4.99 Å². The fourth-order valence-electron chi connectivity index (χ4n) is 3.65. The summed E-state index contributed by atoms with van der Waals surface area (Å²) in [6, 6.07) is 14.3. The van der Waals surface area contributed by atoms with Crippen LogP contribution in [0.4, 0.5) is 5.69 Å². The molecule has 3 N–H and O–H groups in total. The maximum atomic E-state index is 12.1. The Morgan fingerprint density at radius 2 is 1.80 bits per heavy atom. The molecule has 1 heterocycles. The largest absolute Gasteiger partial charge is 0.497 e. The minimum absolute atomic E-state index is 0.0148. The number of rotatable bonds is 10. The second kappa shape index (κ2) is 13.3. The molecular weight excluding hydrogens is 450 g/mol. The molecule has 188 valence electrons. The van der Waals surface area contributed by atoms with Crippen LogP contribution in [0, 0.1) is 0 Å². The third kappa shape index (κ3) is 8.27. The van der Waals surface area contributed by atoms with Crippen LogP contribution in [0.1, 0.15) is 15.9 Å². The zero-order valence-corrected chi connectivity index (χ0v) is 20.2. The Balaban J connectivity index is 1.67. The van der Waals surface area contributed by atoms with Crippen molar-refractivity contribution in [2.45, 2.75) is 6.54 Å². The van der Waals surface area contributed by atoms with E-state index in [0.29, 0.717) is 45.3 Å². The molecule has 2 aromatic rings. The number of nitrogens with one attached hydrogen (secondary N) is 2. The molecule has 1 saturated heterocycles. The molecular formula is C25H33N5O5. The van der Waals surface area contributed by atoms with E-state index < -0.39 is 5.97 Å². The van der Waals surface area contributed by atoms with Crippen molar-refractivity contribution in [3.8, 4) is 5.75 Å². The maximum Gasteiger partial charge on any atom is 0.335 e. The van der Waals surface area contributed by atoms with Crippen LogP contribution < -0.4 is 15.4 Å². The Labute approximate surface area is 205 Å². The number of ether oxygens (including phenoxy) is 2. The summed E-state index contributed by atoms with van der Waals surface area (Å²) in [4.78, 5) is 32.4. The molecule has 35 heavy (non-hydrogen) atoms. The van der Waals surface area contributed by atoms with Gasteiger partial charge >= 0.3 is 5.97 Å². The Bertz CT molecular complexity index is 1000. The number of carboxylic acids is 1. The maximum absolute atomic E-state index is 12.1. The SMILES string of the molecule is COCCNC(=O)CN1CCN(C(=NCc2cccc(OC)c2)Nc2ccc(C(=O)O)cc2)CC1. The van der Waals surface area contributed by atoms with E-state index in [4.69, 9.17) is 19.6 Å². The Morgan fingerprint density at radius 1 is 1.06 bits per heavy atom. The molecule has 0 aliphatic carbocycles. The van der Waals surface area contributed by atoms with E-state index in [-0.39, 0.29) is 11.5 Å². The second-order valence-electron chi connectivity index (χ2n) is 8.10. The third-order valence-electron chi connectivity index (χ3n) is 5.60. The molecule has 10 heteroatoms. The highest BCUT2D eigenvalue weighted by Crippen LogP contribution is 2.15. The van der Waals surface area contributed by atoms with E-state index in [1.54, 1.807) is 38.5 Å². The lowest BCUT2D eigenvalue weighted by atomic mass is 10.2. The number of anilines is 1. The van der Waals surface area contributed by atoms with Crippen molar-refractivity contribution in [3.05, 3.63) is 59.7 Å². The monoisotopic (exact) mass is 483 g/mol. The van der Waals surface area contributed by atoms with Gasteiger partial charge < -0.3 is 30.1 Å². The summed E-state index contributed by atoms with van der Waals surface area (Å²) in [5.41, 5.74) is 1.98. The first-order valence-corrected chi connectivity index (χ1v) is 11.5. The number of amides is 1. The van der Waals surface area contributed by atoms with Crippen LogP contribution in [-0.4, -0.2) is 92.8 Å². The van der Waals surface area contributed by atoms with E-state index in [2.05, 4.69) is 20.4 Å². The van der Waals surface area contributed by atoms with Crippen LogP contribution in [0.15, 0.2) is 53.5 Å². The third-order valence-corrected chi connectivity index (χ3v) is 5.60. The van der Waals surface area contributed by atoms with E-state index in [9.17, 15) is 9.59 Å². The van der Waals surface area contributed by atoms with Gasteiger partial charge in [-0.05, 0) is 42.0 Å². The Morgan fingerprint density at radius 3 is 2.46 bits per heavy atom. The quantitative estimate of drug-likeness (QED) is 0.266. The van der Waals surface area contributed by atoms with Gasteiger partial charge in [-0.15, -0.1) is 0 Å². The average molecular weight is 484 g/mol. The van der Waals surface area contributed by atoms with Gasteiger partial charge in [0.25, 0.3) is 0 Å². The topological polar surface area (TPSA) is 116 Å². The van der Waals surface area contributed by atoms with E-state index in [1.165, 1.54) is 0 Å². The summed E-state index contributed by atoms with van der Waals surface area (Å²) >= 11 is 0. The number of aromatic carboxylic acids is 1. The lowest BCUT2D eigenvalue weighted by molar-refractivity contribution is -0.122. The number of nitrogens with zero attached hydrogens (tertiary/aromatic N) is 3. The second-order valence-corrected chi connectivity index (χ2v) is 8.10. The first-order chi connectivity index (χ1) is 17.0. The first kappa shape index (κ1) is 26.0. The predicted octanol–water partition coefficient (Wildman–Crippen LogP) is 1.74. The minimum atomic E-state index is -0.967. The molecule has 0 saturated carbocycles. The highest BCUT2D eigenvalue weighted by molar-refractivity contribution is 5.94. The van der Waals surface area contributed by atoms with Gasteiger partial charge in [-0.25, -0.2) is 9.79 Å². The van der Waals surface area contributed by atoms with E-state index in [1.807, 2.05) is 24.3 Å².